The van der Waals surface area contributed by atoms with Crippen LogP contribution >= 0.6 is 0 Å². The third kappa shape index (κ3) is 2.81. The molecule has 6 heteroatoms. The third-order valence-electron chi connectivity index (χ3n) is 2.16. The zero-order chi connectivity index (χ0) is 12.3. The molecule has 6 nitrogen and oxygen atoms in total. The number of hydrogen-bond donors (Lipinski definition) is 2. The van der Waals surface area contributed by atoms with Crippen LogP contribution < -0.4 is 11.1 Å². The van der Waals surface area contributed by atoms with Crippen LogP contribution in [0.2, 0.25) is 0 Å². The summed E-state index contributed by atoms with van der Waals surface area (Å²) in [5, 5.41) is 6.40. The molecule has 0 radical (unpaired) electrons. The highest BCUT2D eigenvalue weighted by molar-refractivity contribution is 5.94. The second-order valence-electron chi connectivity index (χ2n) is 3.60. The van der Waals surface area contributed by atoms with Crippen LogP contribution in [0.4, 0.5) is 5.82 Å². The summed E-state index contributed by atoms with van der Waals surface area (Å²) in [7, 11) is 0. The molecule has 17 heavy (non-hydrogen) atoms. The Balaban J connectivity index is 2.04. The fourth-order valence-corrected chi connectivity index (χ4v) is 1.43. The fraction of sp³-hybridized carbons (Fsp3) is 0.182. The largest absolute Gasteiger partial charge is 0.384 e. The normalized spacial score (nSPS) is 10.2. The lowest BCUT2D eigenvalue weighted by Gasteiger charge is -2.04. The summed E-state index contributed by atoms with van der Waals surface area (Å²) >= 11 is 0. The maximum Gasteiger partial charge on any atom is 0.251 e. The Morgan fingerprint density at radius 1 is 1.53 bits per heavy atom. The number of hydrogen-bond acceptors (Lipinski definition) is 5. The van der Waals surface area contributed by atoms with Gasteiger partial charge < -0.3 is 15.6 Å². The van der Waals surface area contributed by atoms with E-state index in [4.69, 9.17) is 5.73 Å². The van der Waals surface area contributed by atoms with Gasteiger partial charge in [0.15, 0.2) is 0 Å². The van der Waals surface area contributed by atoms with E-state index < -0.39 is 0 Å². The predicted molar refractivity (Wildman–Crippen MR) is 61.1 cm³/mol. The number of anilines is 1. The van der Waals surface area contributed by atoms with Crippen LogP contribution in [-0.4, -0.2) is 16.0 Å². The molecule has 1 amide bonds. The van der Waals surface area contributed by atoms with Crippen LogP contribution in [0.1, 0.15) is 21.7 Å². The van der Waals surface area contributed by atoms with Gasteiger partial charge in [-0.15, -0.1) is 0 Å². The molecule has 0 aromatic carbocycles. The molecule has 0 aliphatic rings. The van der Waals surface area contributed by atoms with Gasteiger partial charge in [0.1, 0.15) is 17.8 Å². The molecule has 2 heterocycles. The lowest BCUT2D eigenvalue weighted by atomic mass is 10.2. The van der Waals surface area contributed by atoms with E-state index in [1.807, 2.05) is 0 Å². The molecule has 0 saturated heterocycles. The van der Waals surface area contributed by atoms with Gasteiger partial charge in [0.25, 0.3) is 5.91 Å². The molecule has 0 aliphatic carbocycles. The summed E-state index contributed by atoms with van der Waals surface area (Å²) in [5.41, 5.74) is 7.42. The van der Waals surface area contributed by atoms with E-state index >= 15 is 0 Å². The fourth-order valence-electron chi connectivity index (χ4n) is 1.43. The summed E-state index contributed by atoms with van der Waals surface area (Å²) in [4.78, 5) is 15.8. The maximum atomic E-state index is 11.8. The Hall–Kier alpha value is -2.37. The van der Waals surface area contributed by atoms with Crippen LogP contribution in [0.15, 0.2) is 29.0 Å². The molecule has 0 bridgehead atoms. The highest BCUT2D eigenvalue weighted by Gasteiger charge is 2.08. The molecule has 3 N–H and O–H groups in total. The van der Waals surface area contributed by atoms with Crippen LogP contribution in [0.5, 0.6) is 0 Å². The van der Waals surface area contributed by atoms with Gasteiger partial charge in [-0.25, -0.2) is 4.98 Å². The first-order chi connectivity index (χ1) is 8.15. The van der Waals surface area contributed by atoms with Gasteiger partial charge >= 0.3 is 0 Å². The summed E-state index contributed by atoms with van der Waals surface area (Å²) in [6.07, 6.45) is 1.45. The molecule has 2 rings (SSSR count). The first kappa shape index (κ1) is 11.1. The molecule has 2 aromatic heterocycles. The number of amides is 1. The Morgan fingerprint density at radius 3 is 3.00 bits per heavy atom. The van der Waals surface area contributed by atoms with E-state index in [1.165, 1.54) is 12.3 Å². The number of aromatic nitrogens is 2. The average molecular weight is 232 g/mol. The number of nitrogens with zero attached hydrogens (tertiary/aromatic N) is 2. The van der Waals surface area contributed by atoms with Crippen molar-refractivity contribution in [1.82, 2.24) is 15.5 Å². The highest BCUT2D eigenvalue weighted by Crippen LogP contribution is 2.07. The molecule has 0 saturated carbocycles. The molecular formula is C11H12N4O2. The predicted octanol–water partition coefficient (Wildman–Crippen LogP) is 0.890. The van der Waals surface area contributed by atoms with Crippen molar-refractivity contribution in [3.63, 3.8) is 0 Å². The van der Waals surface area contributed by atoms with Gasteiger partial charge in [-0.2, -0.15) is 0 Å². The van der Waals surface area contributed by atoms with E-state index in [1.54, 1.807) is 19.1 Å². The van der Waals surface area contributed by atoms with Crippen molar-refractivity contribution in [2.45, 2.75) is 13.5 Å². The molecule has 88 valence electrons. The van der Waals surface area contributed by atoms with Crippen molar-refractivity contribution in [3.8, 4) is 0 Å². The summed E-state index contributed by atoms with van der Waals surface area (Å²) in [5.74, 6) is 0.113. The molecule has 0 aliphatic heterocycles. The molecule has 0 atom stereocenters. The van der Waals surface area contributed by atoms with E-state index in [2.05, 4.69) is 20.0 Å². The average Bonchev–Trinajstić information content (AvgIpc) is 2.77. The number of nitrogens with one attached hydrogen (secondary N) is 1. The molecule has 0 unspecified atom stereocenters. The van der Waals surface area contributed by atoms with Gasteiger partial charge in [-0.1, -0.05) is 5.16 Å². The van der Waals surface area contributed by atoms with Crippen molar-refractivity contribution in [2.75, 3.05) is 5.73 Å². The number of rotatable bonds is 3. The van der Waals surface area contributed by atoms with Crippen molar-refractivity contribution < 1.29 is 9.32 Å². The lowest BCUT2D eigenvalue weighted by molar-refractivity contribution is 0.0950. The van der Waals surface area contributed by atoms with Crippen molar-refractivity contribution >= 4 is 11.7 Å². The van der Waals surface area contributed by atoms with Gasteiger partial charge in [-0.05, 0) is 19.1 Å². The first-order valence-electron chi connectivity index (χ1n) is 5.07. The monoisotopic (exact) mass is 232 g/mol. The van der Waals surface area contributed by atoms with Crippen molar-refractivity contribution in [1.29, 1.82) is 0 Å². The minimum Gasteiger partial charge on any atom is -0.384 e. The van der Waals surface area contributed by atoms with Gasteiger partial charge in [0.05, 0.1) is 6.54 Å². The summed E-state index contributed by atoms with van der Waals surface area (Å²) < 4.78 is 4.66. The Labute approximate surface area is 97.8 Å². The zero-order valence-electron chi connectivity index (χ0n) is 9.30. The molecule has 0 spiro atoms. The van der Waals surface area contributed by atoms with Crippen molar-refractivity contribution in [3.05, 3.63) is 41.4 Å². The van der Waals surface area contributed by atoms with Crippen LogP contribution in [-0.2, 0) is 6.54 Å². The smallest absolute Gasteiger partial charge is 0.251 e. The number of nitrogen functional groups attached to an aromatic ring is 1. The van der Waals surface area contributed by atoms with E-state index in [9.17, 15) is 4.79 Å². The number of pyridine rings is 1. The molecule has 2 aromatic rings. The van der Waals surface area contributed by atoms with Gasteiger partial charge in [-0.3, -0.25) is 4.79 Å². The number of nitrogens with two attached hydrogens (primary N) is 1. The minimum atomic E-state index is -0.217. The number of carbonyl (C=O) groups excluding carboxylic acids is 1. The standard InChI is InChI=1S/C11H12N4O2/c1-7-4-8(5-10(12)14-7)11(16)13-6-9-2-3-17-15-9/h2-5H,6H2,1H3,(H2,12,14)(H,13,16). The van der Waals surface area contributed by atoms with Crippen LogP contribution in [0.25, 0.3) is 0 Å². The lowest BCUT2D eigenvalue weighted by Crippen LogP contribution is -2.23. The zero-order valence-corrected chi connectivity index (χ0v) is 9.30. The third-order valence-corrected chi connectivity index (χ3v) is 2.16. The second-order valence-corrected chi connectivity index (χ2v) is 3.60. The Morgan fingerprint density at radius 2 is 2.35 bits per heavy atom. The minimum absolute atomic E-state index is 0.217. The van der Waals surface area contributed by atoms with E-state index in [-0.39, 0.29) is 5.91 Å². The van der Waals surface area contributed by atoms with Gasteiger partial charge in [0, 0.05) is 17.3 Å². The number of aryl methyl sites for hydroxylation is 1. The topological polar surface area (TPSA) is 94.0 Å². The SMILES string of the molecule is Cc1cc(C(=O)NCc2ccon2)cc(N)n1. The van der Waals surface area contributed by atoms with E-state index in [0.29, 0.717) is 29.3 Å². The highest BCUT2D eigenvalue weighted by atomic mass is 16.5. The second kappa shape index (κ2) is 4.65. The maximum absolute atomic E-state index is 11.8. The van der Waals surface area contributed by atoms with Crippen LogP contribution in [0.3, 0.4) is 0 Å². The van der Waals surface area contributed by atoms with Crippen molar-refractivity contribution in [2.24, 2.45) is 0 Å². The number of carbonyl (C=O) groups is 1. The molecular weight excluding hydrogens is 220 g/mol. The quantitative estimate of drug-likeness (QED) is 0.819. The summed E-state index contributed by atoms with van der Waals surface area (Å²) in [6.45, 7) is 2.10. The van der Waals surface area contributed by atoms with E-state index in [0.717, 1.165) is 0 Å². The molecule has 0 fully saturated rings. The van der Waals surface area contributed by atoms with Gasteiger partial charge in [0.2, 0.25) is 0 Å². The summed E-state index contributed by atoms with van der Waals surface area (Å²) in [6, 6.07) is 4.89. The first-order valence-corrected chi connectivity index (χ1v) is 5.07. The van der Waals surface area contributed by atoms with Crippen LogP contribution in [0, 0.1) is 6.92 Å². The Kier molecular flexibility index (Phi) is 3.04. The Bertz CT molecular complexity index is 502.